The highest BCUT2D eigenvalue weighted by atomic mass is 16.4. The number of hydrogen-bond acceptors (Lipinski definition) is 3. The third-order valence-corrected chi connectivity index (χ3v) is 3.74. The molecule has 2 rings (SSSR count). The van der Waals surface area contributed by atoms with Crippen LogP contribution in [0.15, 0.2) is 60.7 Å². The number of carbonyl (C=O) groups is 2. The lowest BCUT2D eigenvalue weighted by Gasteiger charge is -2.28. The van der Waals surface area contributed by atoms with Gasteiger partial charge in [0.2, 0.25) is 0 Å². The normalized spacial score (nSPS) is 12.0. The zero-order valence-electron chi connectivity index (χ0n) is 13.0. The van der Waals surface area contributed by atoms with Crippen LogP contribution in [-0.4, -0.2) is 28.3 Å². The first kappa shape index (κ1) is 16.9. The molecule has 0 aromatic heterocycles. The molecule has 0 bridgehead atoms. The Kier molecular flexibility index (Phi) is 6.51. The average molecular weight is 311 g/mol. The molecule has 0 aliphatic carbocycles. The van der Waals surface area contributed by atoms with Crippen LogP contribution in [0.25, 0.3) is 0 Å². The molecule has 0 amide bonds. The summed E-state index contributed by atoms with van der Waals surface area (Å²) in [6, 6.07) is 18.9. The zero-order chi connectivity index (χ0) is 16.5. The van der Waals surface area contributed by atoms with Crippen LogP contribution in [0.3, 0.4) is 0 Å². The lowest BCUT2D eigenvalue weighted by atomic mass is 10.1. The van der Waals surface area contributed by atoms with E-state index in [-0.39, 0.29) is 6.42 Å². The summed E-state index contributed by atoms with van der Waals surface area (Å²) in [5.74, 6) is -0.890. The molecule has 23 heavy (non-hydrogen) atoms. The molecule has 0 spiro atoms. The van der Waals surface area contributed by atoms with E-state index in [0.29, 0.717) is 19.5 Å². The zero-order valence-corrected chi connectivity index (χ0v) is 13.0. The van der Waals surface area contributed by atoms with Gasteiger partial charge in [-0.2, -0.15) is 0 Å². The fourth-order valence-corrected chi connectivity index (χ4v) is 2.60. The summed E-state index contributed by atoms with van der Waals surface area (Å²) in [4.78, 5) is 24.2. The molecule has 4 nitrogen and oxygen atoms in total. The summed E-state index contributed by atoms with van der Waals surface area (Å²) >= 11 is 0. The Morgan fingerprint density at radius 2 is 1.43 bits per heavy atom. The highest BCUT2D eigenvalue weighted by Gasteiger charge is 2.25. The van der Waals surface area contributed by atoms with Gasteiger partial charge in [-0.3, -0.25) is 9.69 Å². The van der Waals surface area contributed by atoms with Gasteiger partial charge in [0.15, 0.2) is 0 Å². The predicted octanol–water partition coefficient (Wildman–Crippen LogP) is 3.12. The number of carboxylic acid groups (broad SMARTS) is 1. The van der Waals surface area contributed by atoms with Crippen molar-refractivity contribution in [2.45, 2.75) is 32.0 Å². The maximum absolute atomic E-state index is 11.7. The fourth-order valence-electron chi connectivity index (χ4n) is 2.60. The first-order valence-corrected chi connectivity index (χ1v) is 7.69. The van der Waals surface area contributed by atoms with Crippen molar-refractivity contribution in [3.05, 3.63) is 71.8 Å². The van der Waals surface area contributed by atoms with Crippen molar-refractivity contribution >= 4 is 12.3 Å². The summed E-state index contributed by atoms with van der Waals surface area (Å²) < 4.78 is 0. The molecule has 1 atom stereocenters. The minimum absolute atomic E-state index is 0.247. The maximum Gasteiger partial charge on any atom is 0.320 e. The first-order chi connectivity index (χ1) is 11.2. The van der Waals surface area contributed by atoms with Crippen molar-refractivity contribution < 1.29 is 14.7 Å². The molecular weight excluding hydrogens is 290 g/mol. The molecule has 0 heterocycles. The Morgan fingerprint density at radius 3 is 1.83 bits per heavy atom. The molecule has 2 aromatic rings. The molecule has 4 heteroatoms. The van der Waals surface area contributed by atoms with Crippen molar-refractivity contribution in [1.29, 1.82) is 0 Å². The van der Waals surface area contributed by atoms with Crippen LogP contribution >= 0.6 is 0 Å². The lowest BCUT2D eigenvalue weighted by molar-refractivity contribution is -0.144. The molecule has 0 aliphatic heterocycles. The Labute approximate surface area is 136 Å². The molecule has 1 N–H and O–H groups in total. The first-order valence-electron chi connectivity index (χ1n) is 7.69. The number of carboxylic acids is 1. The van der Waals surface area contributed by atoms with Gasteiger partial charge in [0.25, 0.3) is 0 Å². The van der Waals surface area contributed by atoms with E-state index in [9.17, 15) is 14.7 Å². The molecule has 0 aliphatic rings. The lowest BCUT2D eigenvalue weighted by Crippen LogP contribution is -2.40. The molecule has 0 radical (unpaired) electrons. The smallest absolute Gasteiger partial charge is 0.320 e. The molecule has 0 fully saturated rings. The minimum Gasteiger partial charge on any atom is -0.480 e. The summed E-state index contributed by atoms with van der Waals surface area (Å²) in [5, 5.41) is 9.57. The van der Waals surface area contributed by atoms with Gasteiger partial charge in [-0.25, -0.2) is 0 Å². The fraction of sp³-hybridized carbons (Fsp3) is 0.263. The van der Waals surface area contributed by atoms with E-state index >= 15 is 0 Å². The quantitative estimate of drug-likeness (QED) is 0.723. The summed E-state index contributed by atoms with van der Waals surface area (Å²) in [5.41, 5.74) is 2.11. The van der Waals surface area contributed by atoms with E-state index in [0.717, 1.165) is 17.4 Å². The molecule has 2 aromatic carbocycles. The monoisotopic (exact) mass is 311 g/mol. The van der Waals surface area contributed by atoms with Crippen molar-refractivity contribution in [1.82, 2.24) is 4.90 Å². The van der Waals surface area contributed by atoms with Gasteiger partial charge in [-0.05, 0) is 17.5 Å². The van der Waals surface area contributed by atoms with Gasteiger partial charge in [-0.1, -0.05) is 60.7 Å². The average Bonchev–Trinajstić information content (AvgIpc) is 2.56. The van der Waals surface area contributed by atoms with Crippen LogP contribution in [0.4, 0.5) is 0 Å². The van der Waals surface area contributed by atoms with Crippen LogP contribution in [0.5, 0.6) is 0 Å². The van der Waals surface area contributed by atoms with E-state index in [1.165, 1.54) is 0 Å². The number of rotatable bonds is 9. The van der Waals surface area contributed by atoms with E-state index in [2.05, 4.69) is 0 Å². The van der Waals surface area contributed by atoms with Crippen molar-refractivity contribution in [2.75, 3.05) is 0 Å². The number of nitrogens with zero attached hydrogens (tertiary/aromatic N) is 1. The van der Waals surface area contributed by atoms with Gasteiger partial charge < -0.3 is 9.90 Å². The largest absolute Gasteiger partial charge is 0.480 e. The van der Waals surface area contributed by atoms with Crippen LogP contribution in [0, 0.1) is 0 Å². The summed E-state index contributed by atoms with van der Waals surface area (Å²) in [6.45, 7) is 1.07. The summed E-state index contributed by atoms with van der Waals surface area (Å²) in [6.07, 6.45) is 1.34. The molecule has 120 valence electrons. The molecule has 0 saturated heterocycles. The van der Waals surface area contributed by atoms with E-state index < -0.39 is 12.0 Å². The highest BCUT2D eigenvalue weighted by Crippen LogP contribution is 2.16. The number of aldehydes is 1. The number of benzene rings is 2. The number of carbonyl (C=O) groups excluding carboxylic acids is 1. The second-order valence-corrected chi connectivity index (χ2v) is 5.47. The summed E-state index contributed by atoms with van der Waals surface area (Å²) in [7, 11) is 0. The Hall–Kier alpha value is -2.46. The third kappa shape index (κ3) is 5.34. The van der Waals surface area contributed by atoms with Crippen molar-refractivity contribution in [3.63, 3.8) is 0 Å². The van der Waals surface area contributed by atoms with Crippen LogP contribution in [0.1, 0.15) is 24.0 Å². The van der Waals surface area contributed by atoms with Gasteiger partial charge in [0, 0.05) is 19.5 Å². The van der Waals surface area contributed by atoms with E-state index in [1.54, 1.807) is 0 Å². The van der Waals surface area contributed by atoms with E-state index in [1.807, 2.05) is 65.6 Å². The number of aliphatic carboxylic acids is 1. The maximum atomic E-state index is 11.7. The van der Waals surface area contributed by atoms with Gasteiger partial charge in [0.05, 0.1) is 0 Å². The Bertz CT molecular complexity index is 572. The third-order valence-electron chi connectivity index (χ3n) is 3.74. The Morgan fingerprint density at radius 1 is 0.957 bits per heavy atom. The number of hydrogen-bond donors (Lipinski definition) is 1. The van der Waals surface area contributed by atoms with Gasteiger partial charge >= 0.3 is 5.97 Å². The second-order valence-electron chi connectivity index (χ2n) is 5.47. The standard InChI is InChI=1S/C19H21NO3/c21-13-7-12-18(19(22)23)20(14-16-8-3-1-4-9-16)15-17-10-5-2-6-11-17/h1-6,8-11,13,18H,7,12,14-15H2,(H,22,23)/t18-/m0/s1. The van der Waals surface area contributed by atoms with Crippen LogP contribution in [0.2, 0.25) is 0 Å². The topological polar surface area (TPSA) is 57.6 Å². The Balaban J connectivity index is 2.21. The van der Waals surface area contributed by atoms with Crippen molar-refractivity contribution in [2.24, 2.45) is 0 Å². The van der Waals surface area contributed by atoms with Crippen LogP contribution < -0.4 is 0 Å². The van der Waals surface area contributed by atoms with Crippen molar-refractivity contribution in [3.8, 4) is 0 Å². The minimum atomic E-state index is -0.890. The molecule has 0 saturated carbocycles. The second kappa shape index (κ2) is 8.86. The van der Waals surface area contributed by atoms with Crippen LogP contribution in [-0.2, 0) is 22.7 Å². The van der Waals surface area contributed by atoms with Gasteiger partial charge in [-0.15, -0.1) is 0 Å². The molecular formula is C19H21NO3. The highest BCUT2D eigenvalue weighted by molar-refractivity contribution is 5.74. The van der Waals surface area contributed by atoms with Gasteiger partial charge in [0.1, 0.15) is 12.3 Å². The molecule has 0 unspecified atom stereocenters. The predicted molar refractivity (Wildman–Crippen MR) is 88.9 cm³/mol. The van der Waals surface area contributed by atoms with E-state index in [4.69, 9.17) is 0 Å². The SMILES string of the molecule is O=CCC[C@@H](C(=O)O)N(Cc1ccccc1)Cc1ccccc1.